The van der Waals surface area contributed by atoms with Gasteiger partial charge in [-0.1, -0.05) is 0 Å². The standard InChI is InChI=1S/C11H13N3O2/c1-7-3-4-9(16-7)8(2)14-10-11(15)13-6-5-12-10/h3-6,8H,1-2H3,(H,12,14)(H,13,15). The highest BCUT2D eigenvalue weighted by molar-refractivity contribution is 5.33. The maximum atomic E-state index is 11.4. The summed E-state index contributed by atoms with van der Waals surface area (Å²) in [7, 11) is 0. The van der Waals surface area contributed by atoms with Gasteiger partial charge in [-0.25, -0.2) is 4.98 Å². The van der Waals surface area contributed by atoms with E-state index in [-0.39, 0.29) is 11.6 Å². The van der Waals surface area contributed by atoms with Crippen LogP contribution in [-0.4, -0.2) is 9.97 Å². The van der Waals surface area contributed by atoms with E-state index in [1.165, 1.54) is 12.4 Å². The molecule has 0 saturated heterocycles. The van der Waals surface area contributed by atoms with Crippen molar-refractivity contribution < 1.29 is 4.42 Å². The number of aryl methyl sites for hydroxylation is 1. The van der Waals surface area contributed by atoms with E-state index in [2.05, 4.69) is 15.3 Å². The zero-order valence-corrected chi connectivity index (χ0v) is 9.15. The highest BCUT2D eigenvalue weighted by atomic mass is 16.3. The summed E-state index contributed by atoms with van der Waals surface area (Å²) in [6.45, 7) is 3.79. The van der Waals surface area contributed by atoms with Crippen LogP contribution >= 0.6 is 0 Å². The molecule has 84 valence electrons. The fourth-order valence-electron chi connectivity index (χ4n) is 1.42. The third-order valence-corrected chi connectivity index (χ3v) is 2.25. The molecule has 16 heavy (non-hydrogen) atoms. The van der Waals surface area contributed by atoms with Gasteiger partial charge in [-0.15, -0.1) is 0 Å². The van der Waals surface area contributed by atoms with Crippen molar-refractivity contribution in [2.24, 2.45) is 0 Å². The largest absolute Gasteiger partial charge is 0.464 e. The van der Waals surface area contributed by atoms with Crippen molar-refractivity contribution >= 4 is 5.82 Å². The molecular weight excluding hydrogens is 206 g/mol. The number of hydrogen-bond acceptors (Lipinski definition) is 4. The van der Waals surface area contributed by atoms with Crippen LogP contribution in [0, 0.1) is 6.92 Å². The number of anilines is 1. The average Bonchev–Trinajstić information content (AvgIpc) is 2.68. The summed E-state index contributed by atoms with van der Waals surface area (Å²) < 4.78 is 5.45. The Morgan fingerprint density at radius 2 is 2.31 bits per heavy atom. The molecule has 0 saturated carbocycles. The van der Waals surface area contributed by atoms with Crippen molar-refractivity contribution in [3.63, 3.8) is 0 Å². The molecule has 2 rings (SSSR count). The Morgan fingerprint density at radius 3 is 2.94 bits per heavy atom. The van der Waals surface area contributed by atoms with E-state index in [4.69, 9.17) is 4.42 Å². The molecule has 0 bridgehead atoms. The van der Waals surface area contributed by atoms with Crippen molar-refractivity contribution in [3.05, 3.63) is 46.4 Å². The summed E-state index contributed by atoms with van der Waals surface area (Å²) in [5, 5.41) is 2.99. The van der Waals surface area contributed by atoms with Gasteiger partial charge in [0.05, 0.1) is 6.04 Å². The summed E-state index contributed by atoms with van der Waals surface area (Å²) in [6.07, 6.45) is 3.03. The first kappa shape index (κ1) is 10.5. The summed E-state index contributed by atoms with van der Waals surface area (Å²) in [4.78, 5) is 17.9. The molecule has 0 aliphatic rings. The lowest BCUT2D eigenvalue weighted by molar-refractivity contribution is 0.466. The molecule has 0 aliphatic heterocycles. The Morgan fingerprint density at radius 1 is 1.50 bits per heavy atom. The van der Waals surface area contributed by atoms with Crippen LogP contribution in [0.15, 0.2) is 33.7 Å². The molecule has 2 N–H and O–H groups in total. The molecule has 0 radical (unpaired) electrons. The Hall–Kier alpha value is -2.04. The lowest BCUT2D eigenvalue weighted by Crippen LogP contribution is -2.17. The molecule has 2 heterocycles. The molecule has 1 atom stereocenters. The second-order valence-corrected chi connectivity index (χ2v) is 3.58. The molecule has 0 aliphatic carbocycles. The first-order valence-electron chi connectivity index (χ1n) is 5.03. The van der Waals surface area contributed by atoms with Crippen LogP contribution in [0.25, 0.3) is 0 Å². The van der Waals surface area contributed by atoms with Gasteiger partial charge in [0, 0.05) is 12.4 Å². The first-order valence-corrected chi connectivity index (χ1v) is 5.03. The number of nitrogens with zero attached hydrogens (tertiary/aromatic N) is 1. The van der Waals surface area contributed by atoms with E-state index in [1.807, 2.05) is 26.0 Å². The second-order valence-electron chi connectivity index (χ2n) is 3.58. The Bertz CT molecular complexity index is 530. The maximum absolute atomic E-state index is 11.4. The van der Waals surface area contributed by atoms with Gasteiger partial charge in [0.1, 0.15) is 11.5 Å². The fourth-order valence-corrected chi connectivity index (χ4v) is 1.42. The third-order valence-electron chi connectivity index (χ3n) is 2.25. The molecule has 1 unspecified atom stereocenters. The van der Waals surface area contributed by atoms with Gasteiger partial charge in [-0.3, -0.25) is 4.79 Å². The van der Waals surface area contributed by atoms with Crippen LogP contribution < -0.4 is 10.9 Å². The van der Waals surface area contributed by atoms with Gasteiger partial charge in [-0.05, 0) is 26.0 Å². The summed E-state index contributed by atoms with van der Waals surface area (Å²) in [6, 6.07) is 3.67. The predicted molar refractivity (Wildman–Crippen MR) is 60.3 cm³/mol. The Balaban J connectivity index is 2.17. The van der Waals surface area contributed by atoms with Crippen LogP contribution in [0.5, 0.6) is 0 Å². The first-order chi connectivity index (χ1) is 7.66. The second kappa shape index (κ2) is 4.22. The minimum absolute atomic E-state index is 0.0929. The van der Waals surface area contributed by atoms with Gasteiger partial charge in [0.15, 0.2) is 5.82 Å². The van der Waals surface area contributed by atoms with Crippen LogP contribution in [0.3, 0.4) is 0 Å². The van der Waals surface area contributed by atoms with Crippen molar-refractivity contribution in [3.8, 4) is 0 Å². The molecule has 5 heteroatoms. The monoisotopic (exact) mass is 219 g/mol. The minimum atomic E-state index is -0.238. The lowest BCUT2D eigenvalue weighted by Gasteiger charge is -2.10. The topological polar surface area (TPSA) is 70.9 Å². The number of nitrogens with one attached hydrogen (secondary N) is 2. The normalized spacial score (nSPS) is 12.4. The van der Waals surface area contributed by atoms with Crippen molar-refractivity contribution in [1.29, 1.82) is 0 Å². The number of H-pyrrole nitrogens is 1. The zero-order chi connectivity index (χ0) is 11.5. The Kier molecular flexibility index (Phi) is 2.76. The van der Waals surface area contributed by atoms with Gasteiger partial charge in [-0.2, -0.15) is 0 Å². The van der Waals surface area contributed by atoms with Crippen LogP contribution in [-0.2, 0) is 0 Å². The van der Waals surface area contributed by atoms with E-state index >= 15 is 0 Å². The van der Waals surface area contributed by atoms with Gasteiger partial charge in [0.2, 0.25) is 0 Å². The summed E-state index contributed by atoms with van der Waals surface area (Å²) >= 11 is 0. The minimum Gasteiger partial charge on any atom is -0.464 e. The van der Waals surface area contributed by atoms with Gasteiger partial charge < -0.3 is 14.7 Å². The molecule has 2 aromatic rings. The van der Waals surface area contributed by atoms with E-state index in [0.29, 0.717) is 5.82 Å². The van der Waals surface area contributed by atoms with Gasteiger partial charge in [0.25, 0.3) is 5.56 Å². The van der Waals surface area contributed by atoms with Crippen LogP contribution in [0.1, 0.15) is 24.5 Å². The van der Waals surface area contributed by atoms with Crippen LogP contribution in [0.4, 0.5) is 5.82 Å². The lowest BCUT2D eigenvalue weighted by atomic mass is 10.2. The average molecular weight is 219 g/mol. The number of aromatic nitrogens is 2. The molecule has 0 spiro atoms. The maximum Gasteiger partial charge on any atom is 0.290 e. The SMILES string of the molecule is Cc1ccc(C(C)Nc2ncc[nH]c2=O)o1. The van der Waals surface area contributed by atoms with E-state index in [0.717, 1.165) is 11.5 Å². The number of furan rings is 1. The third kappa shape index (κ3) is 2.13. The van der Waals surface area contributed by atoms with Crippen molar-refractivity contribution in [2.45, 2.75) is 19.9 Å². The van der Waals surface area contributed by atoms with Gasteiger partial charge >= 0.3 is 0 Å². The molecular formula is C11H13N3O2. The Labute approximate surface area is 92.5 Å². The van der Waals surface area contributed by atoms with E-state index in [9.17, 15) is 4.79 Å². The van der Waals surface area contributed by atoms with Crippen molar-refractivity contribution in [2.75, 3.05) is 5.32 Å². The predicted octanol–water partition coefficient (Wildman–Crippen LogP) is 1.84. The highest BCUT2D eigenvalue weighted by Crippen LogP contribution is 2.18. The summed E-state index contributed by atoms with van der Waals surface area (Å²) in [5.74, 6) is 1.92. The quantitative estimate of drug-likeness (QED) is 0.826. The molecule has 2 aromatic heterocycles. The fraction of sp³-hybridized carbons (Fsp3) is 0.273. The van der Waals surface area contributed by atoms with E-state index < -0.39 is 0 Å². The number of rotatable bonds is 3. The molecule has 0 aromatic carbocycles. The number of hydrogen-bond donors (Lipinski definition) is 2. The molecule has 0 amide bonds. The van der Waals surface area contributed by atoms with Crippen molar-refractivity contribution in [1.82, 2.24) is 9.97 Å². The summed E-state index contributed by atoms with van der Waals surface area (Å²) in [5.41, 5.74) is -0.238. The number of aromatic amines is 1. The van der Waals surface area contributed by atoms with E-state index in [1.54, 1.807) is 0 Å². The highest BCUT2D eigenvalue weighted by Gasteiger charge is 2.11. The smallest absolute Gasteiger partial charge is 0.290 e. The molecule has 0 fully saturated rings. The molecule has 5 nitrogen and oxygen atoms in total. The van der Waals surface area contributed by atoms with Crippen LogP contribution in [0.2, 0.25) is 0 Å². The zero-order valence-electron chi connectivity index (χ0n) is 9.15.